The van der Waals surface area contributed by atoms with Crippen LogP contribution < -0.4 is 4.74 Å². The van der Waals surface area contributed by atoms with Gasteiger partial charge in [0.1, 0.15) is 5.75 Å². The van der Waals surface area contributed by atoms with E-state index in [9.17, 15) is 0 Å². The molecule has 1 aromatic rings. The van der Waals surface area contributed by atoms with E-state index in [1.165, 1.54) is 0 Å². The van der Waals surface area contributed by atoms with Crippen LogP contribution in [0.1, 0.15) is 13.3 Å². The molecule has 20 heavy (non-hydrogen) atoms. The fourth-order valence-corrected chi connectivity index (χ4v) is 2.19. The second kappa shape index (κ2) is 7.53. The van der Waals surface area contributed by atoms with Gasteiger partial charge in [0, 0.05) is 6.42 Å². The van der Waals surface area contributed by atoms with E-state index >= 15 is 0 Å². The number of para-hydroxylation sites is 1. The summed E-state index contributed by atoms with van der Waals surface area (Å²) in [5.41, 5.74) is 0. The second-order valence-electron chi connectivity index (χ2n) is 3.99. The van der Waals surface area contributed by atoms with E-state index in [4.69, 9.17) is 37.9 Å². The summed E-state index contributed by atoms with van der Waals surface area (Å²) in [6.45, 7) is 5.57. The molecule has 0 aliphatic carbocycles. The van der Waals surface area contributed by atoms with Gasteiger partial charge in [0.25, 0.3) is 0 Å². The molecule has 110 valence electrons. The lowest BCUT2D eigenvalue weighted by molar-refractivity contribution is -0.176. The van der Waals surface area contributed by atoms with Gasteiger partial charge in [-0.15, -0.1) is 6.58 Å². The van der Waals surface area contributed by atoms with E-state index in [1.807, 2.05) is 18.2 Å². The number of hydrogen-bond acceptors (Lipinski definition) is 4. The first kappa shape index (κ1) is 16.8. The highest BCUT2D eigenvalue weighted by Crippen LogP contribution is 2.40. The fraction of sp³-hybridized carbons (Fsp3) is 0.357. The number of rotatable bonds is 8. The standard InChI is InChI=1S/C14H17Cl2NO3/c1-3-10-19-14(4-2,13(15,16)11-17-18)20-12-8-6-5-7-9-12/h3,5-9,11,18H,1,4,10H2,2H3/b17-11+. The van der Waals surface area contributed by atoms with Gasteiger partial charge in [0.05, 0.1) is 12.8 Å². The van der Waals surface area contributed by atoms with Crippen molar-refractivity contribution in [1.82, 2.24) is 0 Å². The summed E-state index contributed by atoms with van der Waals surface area (Å²) in [6, 6.07) is 8.99. The summed E-state index contributed by atoms with van der Waals surface area (Å²) in [5.74, 6) is -0.867. The molecule has 0 radical (unpaired) electrons. The van der Waals surface area contributed by atoms with Gasteiger partial charge in [-0.05, 0) is 12.1 Å². The molecule has 6 heteroatoms. The summed E-state index contributed by atoms with van der Waals surface area (Å²) >= 11 is 12.4. The van der Waals surface area contributed by atoms with E-state index in [-0.39, 0.29) is 6.61 Å². The number of oxime groups is 1. The van der Waals surface area contributed by atoms with Crippen molar-refractivity contribution in [2.75, 3.05) is 6.61 Å². The first-order valence-electron chi connectivity index (χ1n) is 6.06. The van der Waals surface area contributed by atoms with Crippen molar-refractivity contribution in [2.24, 2.45) is 5.16 Å². The Kier molecular flexibility index (Phi) is 6.33. The Balaban J connectivity index is 3.13. The molecule has 1 N–H and O–H groups in total. The lowest BCUT2D eigenvalue weighted by Gasteiger charge is -2.39. The number of benzene rings is 1. The maximum atomic E-state index is 8.72. The Morgan fingerprint density at radius 1 is 1.35 bits per heavy atom. The van der Waals surface area contributed by atoms with Crippen LogP contribution >= 0.6 is 23.2 Å². The first-order chi connectivity index (χ1) is 9.51. The average Bonchev–Trinajstić information content (AvgIpc) is 2.44. The molecule has 0 saturated carbocycles. The predicted octanol–water partition coefficient (Wildman–Crippen LogP) is 4.01. The summed E-state index contributed by atoms with van der Waals surface area (Å²) < 4.78 is 9.81. The number of hydrogen-bond donors (Lipinski definition) is 1. The SMILES string of the molecule is C=CCOC(CC)(Oc1ccccc1)C(Cl)(Cl)/C=N/O. The zero-order chi connectivity index (χ0) is 15.1. The lowest BCUT2D eigenvalue weighted by Crippen LogP contribution is -2.54. The molecule has 0 spiro atoms. The number of alkyl halides is 2. The van der Waals surface area contributed by atoms with Gasteiger partial charge in [-0.2, -0.15) is 0 Å². The smallest absolute Gasteiger partial charge is 0.249 e. The van der Waals surface area contributed by atoms with Crippen LogP contribution in [0, 0.1) is 0 Å². The summed E-state index contributed by atoms with van der Waals surface area (Å²) in [7, 11) is 0. The van der Waals surface area contributed by atoms with Crippen LogP contribution in [-0.2, 0) is 4.74 Å². The molecule has 0 bridgehead atoms. The zero-order valence-corrected chi connectivity index (χ0v) is 12.6. The highest BCUT2D eigenvalue weighted by Gasteiger charge is 2.51. The maximum Gasteiger partial charge on any atom is 0.249 e. The average molecular weight is 318 g/mol. The molecule has 0 heterocycles. The number of halogens is 2. The van der Waals surface area contributed by atoms with E-state index in [2.05, 4.69) is 11.7 Å². The van der Waals surface area contributed by atoms with E-state index in [1.54, 1.807) is 25.1 Å². The minimum absolute atomic E-state index is 0.182. The molecule has 4 nitrogen and oxygen atoms in total. The number of nitrogens with zero attached hydrogens (tertiary/aromatic N) is 1. The van der Waals surface area contributed by atoms with Crippen molar-refractivity contribution < 1.29 is 14.7 Å². The van der Waals surface area contributed by atoms with Gasteiger partial charge in [-0.1, -0.05) is 59.6 Å². The monoisotopic (exact) mass is 317 g/mol. The highest BCUT2D eigenvalue weighted by molar-refractivity contribution is 6.57. The van der Waals surface area contributed by atoms with Crippen molar-refractivity contribution in [2.45, 2.75) is 23.5 Å². The lowest BCUT2D eigenvalue weighted by atomic mass is 10.1. The minimum atomic E-state index is -1.67. The van der Waals surface area contributed by atoms with Gasteiger partial charge in [-0.25, -0.2) is 0 Å². The van der Waals surface area contributed by atoms with Crippen LogP contribution in [-0.4, -0.2) is 28.1 Å². The van der Waals surface area contributed by atoms with E-state index in [0.29, 0.717) is 12.2 Å². The largest absolute Gasteiger partial charge is 0.459 e. The second-order valence-corrected chi connectivity index (χ2v) is 5.37. The molecule has 1 unspecified atom stereocenters. The molecule has 1 atom stereocenters. The molecular formula is C14H17Cl2NO3. The Hall–Kier alpha value is -1.23. The topological polar surface area (TPSA) is 51.0 Å². The highest BCUT2D eigenvalue weighted by atomic mass is 35.5. The summed E-state index contributed by atoms with van der Waals surface area (Å²) in [5, 5.41) is 11.6. The van der Waals surface area contributed by atoms with Crippen molar-refractivity contribution in [3.05, 3.63) is 43.0 Å². The van der Waals surface area contributed by atoms with Gasteiger partial charge in [-0.3, -0.25) is 0 Å². The normalized spacial score (nSPS) is 14.9. The summed E-state index contributed by atoms with van der Waals surface area (Å²) in [6.07, 6.45) is 2.85. The van der Waals surface area contributed by atoms with E-state index in [0.717, 1.165) is 6.21 Å². The molecular weight excluding hydrogens is 301 g/mol. The predicted molar refractivity (Wildman–Crippen MR) is 81.0 cm³/mol. The van der Waals surface area contributed by atoms with Crippen LogP contribution in [0.25, 0.3) is 0 Å². The summed E-state index contributed by atoms with van der Waals surface area (Å²) in [4.78, 5) is 0. The van der Waals surface area contributed by atoms with E-state index < -0.39 is 10.1 Å². The van der Waals surface area contributed by atoms with Gasteiger partial charge in [0.2, 0.25) is 10.1 Å². The Labute approximate surface area is 128 Å². The quantitative estimate of drug-likeness (QED) is 0.197. The zero-order valence-electron chi connectivity index (χ0n) is 11.1. The molecule has 0 amide bonds. The van der Waals surface area contributed by atoms with Crippen molar-refractivity contribution in [3.8, 4) is 5.75 Å². The third-order valence-corrected chi connectivity index (χ3v) is 3.42. The van der Waals surface area contributed by atoms with Crippen molar-refractivity contribution >= 4 is 29.4 Å². The van der Waals surface area contributed by atoms with Gasteiger partial charge < -0.3 is 14.7 Å². The Bertz CT molecular complexity index is 451. The molecule has 0 saturated heterocycles. The van der Waals surface area contributed by atoms with Gasteiger partial charge in [0.15, 0.2) is 0 Å². The fourth-order valence-electron chi connectivity index (χ4n) is 1.65. The van der Waals surface area contributed by atoms with Gasteiger partial charge >= 0.3 is 0 Å². The molecule has 0 fully saturated rings. The third-order valence-electron chi connectivity index (χ3n) is 2.65. The maximum absolute atomic E-state index is 8.72. The van der Waals surface area contributed by atoms with Crippen LogP contribution in [0.5, 0.6) is 5.75 Å². The Morgan fingerprint density at radius 3 is 2.50 bits per heavy atom. The van der Waals surface area contributed by atoms with Crippen molar-refractivity contribution in [1.29, 1.82) is 0 Å². The van der Waals surface area contributed by atoms with Crippen LogP contribution in [0.15, 0.2) is 48.1 Å². The number of ether oxygens (including phenoxy) is 2. The van der Waals surface area contributed by atoms with Crippen molar-refractivity contribution in [3.63, 3.8) is 0 Å². The van der Waals surface area contributed by atoms with Crippen LogP contribution in [0.3, 0.4) is 0 Å². The molecule has 1 aromatic carbocycles. The first-order valence-corrected chi connectivity index (χ1v) is 6.82. The molecule has 0 aliphatic rings. The third kappa shape index (κ3) is 3.88. The van der Waals surface area contributed by atoms with Crippen LogP contribution in [0.2, 0.25) is 0 Å². The minimum Gasteiger partial charge on any atom is -0.459 e. The van der Waals surface area contributed by atoms with Crippen LogP contribution in [0.4, 0.5) is 0 Å². The Morgan fingerprint density at radius 2 is 2.00 bits per heavy atom. The molecule has 1 rings (SSSR count). The molecule has 0 aliphatic heterocycles. The molecule has 0 aromatic heterocycles.